The Morgan fingerprint density at radius 1 is 0.923 bits per heavy atom. The molecule has 2 amide bonds. The van der Waals surface area contributed by atoms with Gasteiger partial charge in [0.2, 0.25) is 5.91 Å². The van der Waals surface area contributed by atoms with E-state index in [-0.39, 0.29) is 12.3 Å². The lowest BCUT2D eigenvalue weighted by atomic mass is 10.1. The molecule has 1 atom stereocenters. The van der Waals surface area contributed by atoms with E-state index in [2.05, 4.69) is 10.9 Å². The first-order valence-corrected chi connectivity index (χ1v) is 8.04. The Labute approximate surface area is 152 Å². The van der Waals surface area contributed by atoms with E-state index in [1.54, 1.807) is 62.6 Å². The van der Waals surface area contributed by atoms with E-state index in [0.29, 0.717) is 17.2 Å². The summed E-state index contributed by atoms with van der Waals surface area (Å²) in [6.07, 6.45) is -0.681. The summed E-state index contributed by atoms with van der Waals surface area (Å²) in [7, 11) is 3.10. The minimum atomic E-state index is -0.812. The maximum atomic E-state index is 12.1. The number of nitrogens with one attached hydrogen (secondary N) is 2. The van der Waals surface area contributed by atoms with Gasteiger partial charge in [-0.15, -0.1) is 0 Å². The predicted octanol–water partition coefficient (Wildman–Crippen LogP) is 1.86. The molecule has 0 fully saturated rings. The van der Waals surface area contributed by atoms with Crippen LogP contribution < -0.4 is 25.1 Å². The summed E-state index contributed by atoms with van der Waals surface area (Å²) in [5.74, 6) is 0.870. The van der Waals surface area contributed by atoms with Crippen molar-refractivity contribution in [3.05, 3.63) is 54.1 Å². The molecule has 0 aliphatic carbocycles. The second-order valence-electron chi connectivity index (χ2n) is 5.47. The van der Waals surface area contributed by atoms with E-state index in [4.69, 9.17) is 14.2 Å². The topological polar surface area (TPSA) is 85.9 Å². The van der Waals surface area contributed by atoms with Crippen LogP contribution in [0.5, 0.6) is 17.2 Å². The number of para-hydroxylation sites is 2. The molecule has 0 saturated heterocycles. The van der Waals surface area contributed by atoms with E-state index >= 15 is 0 Å². The van der Waals surface area contributed by atoms with Crippen LogP contribution in [-0.2, 0) is 16.0 Å². The van der Waals surface area contributed by atoms with Crippen molar-refractivity contribution in [3.8, 4) is 17.2 Å². The van der Waals surface area contributed by atoms with Gasteiger partial charge in [-0.3, -0.25) is 20.4 Å². The van der Waals surface area contributed by atoms with Crippen LogP contribution in [0.2, 0.25) is 0 Å². The highest BCUT2D eigenvalue weighted by molar-refractivity contribution is 5.85. The first-order chi connectivity index (χ1) is 12.5. The van der Waals surface area contributed by atoms with Crippen molar-refractivity contribution >= 4 is 11.8 Å². The maximum absolute atomic E-state index is 12.1. The van der Waals surface area contributed by atoms with Crippen molar-refractivity contribution < 1.29 is 23.8 Å². The summed E-state index contributed by atoms with van der Waals surface area (Å²) in [5.41, 5.74) is 5.53. The van der Waals surface area contributed by atoms with Crippen molar-refractivity contribution in [1.29, 1.82) is 0 Å². The molecular formula is C19H22N2O5. The fourth-order valence-corrected chi connectivity index (χ4v) is 2.17. The minimum absolute atomic E-state index is 0.131. The van der Waals surface area contributed by atoms with Gasteiger partial charge in [-0.05, 0) is 36.8 Å². The van der Waals surface area contributed by atoms with Crippen LogP contribution in [0.4, 0.5) is 0 Å². The van der Waals surface area contributed by atoms with Crippen molar-refractivity contribution in [2.24, 2.45) is 0 Å². The molecular weight excluding hydrogens is 336 g/mol. The van der Waals surface area contributed by atoms with Crippen LogP contribution in [0.3, 0.4) is 0 Å². The van der Waals surface area contributed by atoms with Gasteiger partial charge in [-0.25, -0.2) is 0 Å². The normalized spacial score (nSPS) is 11.2. The van der Waals surface area contributed by atoms with E-state index < -0.39 is 12.0 Å². The van der Waals surface area contributed by atoms with E-state index in [0.717, 1.165) is 5.56 Å². The largest absolute Gasteiger partial charge is 0.497 e. The quantitative estimate of drug-likeness (QED) is 0.738. The van der Waals surface area contributed by atoms with Gasteiger partial charge in [0.25, 0.3) is 5.91 Å². The van der Waals surface area contributed by atoms with Gasteiger partial charge >= 0.3 is 0 Å². The first-order valence-electron chi connectivity index (χ1n) is 8.04. The Balaban J connectivity index is 1.81. The third-order valence-electron chi connectivity index (χ3n) is 3.59. The average Bonchev–Trinajstić information content (AvgIpc) is 2.67. The number of carbonyl (C=O) groups excluding carboxylic acids is 2. The highest BCUT2D eigenvalue weighted by Crippen LogP contribution is 2.26. The fourth-order valence-electron chi connectivity index (χ4n) is 2.17. The summed E-state index contributed by atoms with van der Waals surface area (Å²) < 4.78 is 15.8. The van der Waals surface area contributed by atoms with Crippen molar-refractivity contribution in [2.45, 2.75) is 19.4 Å². The number of ether oxygens (including phenoxy) is 3. The Morgan fingerprint density at radius 2 is 1.58 bits per heavy atom. The number of amides is 2. The molecule has 138 valence electrons. The molecule has 0 spiro atoms. The van der Waals surface area contributed by atoms with Gasteiger partial charge in [-0.1, -0.05) is 24.3 Å². The summed E-state index contributed by atoms with van der Waals surface area (Å²) in [6.45, 7) is 1.58. The van der Waals surface area contributed by atoms with E-state index in [1.165, 1.54) is 7.11 Å². The zero-order chi connectivity index (χ0) is 18.9. The average molecular weight is 358 g/mol. The van der Waals surface area contributed by atoms with Gasteiger partial charge < -0.3 is 14.2 Å². The summed E-state index contributed by atoms with van der Waals surface area (Å²) >= 11 is 0. The molecule has 2 rings (SSSR count). The van der Waals surface area contributed by atoms with Crippen LogP contribution in [-0.4, -0.2) is 32.1 Å². The SMILES string of the molecule is COc1ccc(CC(=O)NNC(=O)C(C)Oc2ccccc2OC)cc1. The Hall–Kier alpha value is -3.22. The molecule has 0 radical (unpaired) electrons. The zero-order valence-corrected chi connectivity index (χ0v) is 14.9. The van der Waals surface area contributed by atoms with E-state index in [9.17, 15) is 9.59 Å². The summed E-state index contributed by atoms with van der Waals surface area (Å²) in [5, 5.41) is 0. The van der Waals surface area contributed by atoms with Crippen LogP contribution >= 0.6 is 0 Å². The van der Waals surface area contributed by atoms with Gasteiger partial charge in [0.1, 0.15) is 5.75 Å². The molecule has 0 aliphatic heterocycles. The molecule has 2 aromatic carbocycles. The van der Waals surface area contributed by atoms with Gasteiger partial charge in [0, 0.05) is 0 Å². The predicted molar refractivity (Wildman–Crippen MR) is 96.1 cm³/mol. The molecule has 7 nitrogen and oxygen atoms in total. The second kappa shape index (κ2) is 9.31. The minimum Gasteiger partial charge on any atom is -0.497 e. The number of hydrogen-bond acceptors (Lipinski definition) is 5. The molecule has 7 heteroatoms. The Morgan fingerprint density at radius 3 is 2.19 bits per heavy atom. The lowest BCUT2D eigenvalue weighted by Gasteiger charge is -2.16. The first kappa shape index (κ1) is 19.1. The highest BCUT2D eigenvalue weighted by atomic mass is 16.5. The lowest BCUT2D eigenvalue weighted by molar-refractivity contribution is -0.132. The van der Waals surface area contributed by atoms with Crippen molar-refractivity contribution in [2.75, 3.05) is 14.2 Å². The third kappa shape index (κ3) is 5.41. The maximum Gasteiger partial charge on any atom is 0.279 e. The number of hydrazine groups is 1. The van der Waals surface area contributed by atoms with Crippen LogP contribution in [0.25, 0.3) is 0 Å². The van der Waals surface area contributed by atoms with Crippen LogP contribution in [0.1, 0.15) is 12.5 Å². The summed E-state index contributed by atoms with van der Waals surface area (Å²) in [6, 6.07) is 14.1. The van der Waals surface area contributed by atoms with Gasteiger partial charge in [0.15, 0.2) is 17.6 Å². The Bertz CT molecular complexity index is 746. The van der Waals surface area contributed by atoms with Crippen molar-refractivity contribution in [1.82, 2.24) is 10.9 Å². The smallest absolute Gasteiger partial charge is 0.279 e. The molecule has 0 bridgehead atoms. The number of methoxy groups -OCH3 is 2. The lowest BCUT2D eigenvalue weighted by Crippen LogP contribution is -2.47. The summed E-state index contributed by atoms with van der Waals surface area (Å²) in [4.78, 5) is 24.0. The molecule has 0 aromatic heterocycles. The molecule has 1 unspecified atom stereocenters. The van der Waals surface area contributed by atoms with E-state index in [1.807, 2.05) is 0 Å². The standard InChI is InChI=1S/C19H22N2O5/c1-13(26-17-7-5-4-6-16(17)25-3)19(23)21-20-18(22)12-14-8-10-15(24-2)11-9-14/h4-11,13H,12H2,1-3H3,(H,20,22)(H,21,23). The molecule has 0 aliphatic rings. The highest BCUT2D eigenvalue weighted by Gasteiger charge is 2.17. The Kier molecular flexibility index (Phi) is 6.84. The number of rotatable bonds is 7. The fraction of sp³-hybridized carbons (Fsp3) is 0.263. The monoisotopic (exact) mass is 358 g/mol. The molecule has 0 heterocycles. The molecule has 2 N–H and O–H groups in total. The third-order valence-corrected chi connectivity index (χ3v) is 3.59. The molecule has 26 heavy (non-hydrogen) atoms. The van der Waals surface area contributed by atoms with Crippen molar-refractivity contribution in [3.63, 3.8) is 0 Å². The number of carbonyl (C=O) groups is 2. The second-order valence-corrected chi connectivity index (χ2v) is 5.47. The number of benzene rings is 2. The molecule has 0 saturated carbocycles. The molecule has 2 aromatic rings. The zero-order valence-electron chi connectivity index (χ0n) is 14.9. The van der Waals surface area contributed by atoms with Gasteiger partial charge in [-0.2, -0.15) is 0 Å². The van der Waals surface area contributed by atoms with Crippen LogP contribution in [0, 0.1) is 0 Å². The van der Waals surface area contributed by atoms with Crippen LogP contribution in [0.15, 0.2) is 48.5 Å². The van der Waals surface area contributed by atoms with Gasteiger partial charge in [0.05, 0.1) is 20.6 Å². The number of hydrogen-bond donors (Lipinski definition) is 2.